The van der Waals surface area contributed by atoms with Crippen molar-refractivity contribution in [2.24, 2.45) is 0 Å². The summed E-state index contributed by atoms with van der Waals surface area (Å²) in [5.41, 5.74) is 4.17. The van der Waals surface area contributed by atoms with Crippen LogP contribution in [0.3, 0.4) is 0 Å². The molecule has 2 aliphatic heterocycles. The van der Waals surface area contributed by atoms with Crippen molar-refractivity contribution in [2.45, 2.75) is 31.1 Å². The summed E-state index contributed by atoms with van der Waals surface area (Å²) in [6.07, 6.45) is 6.99. The molecule has 3 aliphatic rings. The minimum Gasteiger partial charge on any atom is -0.476 e. The molecule has 3 aromatic rings. The number of benzene rings is 1. The van der Waals surface area contributed by atoms with Crippen molar-refractivity contribution in [3.63, 3.8) is 0 Å². The van der Waals surface area contributed by atoms with Gasteiger partial charge in [0.15, 0.2) is 0 Å². The van der Waals surface area contributed by atoms with Gasteiger partial charge in [0, 0.05) is 62.5 Å². The first-order valence-electron chi connectivity index (χ1n) is 14.2. The molecule has 2 N–H and O–H groups in total. The number of carbonyl (C=O) groups is 1. The smallest absolute Gasteiger partial charge is 0.301 e. The van der Waals surface area contributed by atoms with Crippen molar-refractivity contribution in [3.8, 4) is 17.0 Å². The van der Waals surface area contributed by atoms with E-state index in [4.69, 9.17) is 4.74 Å². The lowest BCUT2D eigenvalue weighted by Gasteiger charge is -2.37. The molecule has 0 atom stereocenters. The van der Waals surface area contributed by atoms with E-state index in [0.29, 0.717) is 38.5 Å². The maximum absolute atomic E-state index is 13.3. The van der Waals surface area contributed by atoms with Crippen LogP contribution >= 0.6 is 0 Å². The van der Waals surface area contributed by atoms with Crippen molar-refractivity contribution in [2.75, 3.05) is 70.1 Å². The molecule has 1 amide bonds. The number of hydrogen-bond acceptors (Lipinski definition) is 8. The zero-order valence-corrected chi connectivity index (χ0v) is 24.6. The summed E-state index contributed by atoms with van der Waals surface area (Å²) in [5.74, 6) is 0.385. The van der Waals surface area contributed by atoms with E-state index in [-0.39, 0.29) is 11.8 Å². The average Bonchev–Trinajstić information content (AvgIpc) is 3.18. The van der Waals surface area contributed by atoms with Gasteiger partial charge >= 0.3 is 10.2 Å². The van der Waals surface area contributed by atoms with E-state index >= 15 is 0 Å². The number of pyridine rings is 2. The highest BCUT2D eigenvalue weighted by Gasteiger charge is 2.54. The molecule has 0 radical (unpaired) electrons. The second-order valence-electron chi connectivity index (χ2n) is 11.4. The second-order valence-corrected chi connectivity index (χ2v) is 13.1. The summed E-state index contributed by atoms with van der Waals surface area (Å²) in [6.45, 7) is 3.22. The first-order chi connectivity index (χ1) is 19.7. The quantitative estimate of drug-likeness (QED) is 0.372. The Labute approximate surface area is 241 Å². The number of anilines is 2. The molecule has 12 heteroatoms. The number of piperazine rings is 1. The van der Waals surface area contributed by atoms with E-state index in [2.05, 4.69) is 31.0 Å². The SMILES string of the molecule is CN(C)CCCOc1ncc(-c2ccc3ncc4c(c3c2)C2(CCC2)C(=O)N4C)cc1NS(=O)(=O)N1CCNCC1. The van der Waals surface area contributed by atoms with Gasteiger partial charge in [0.05, 0.1) is 29.4 Å². The Morgan fingerprint density at radius 3 is 2.59 bits per heavy atom. The summed E-state index contributed by atoms with van der Waals surface area (Å²) in [5, 5.41) is 4.13. The number of rotatable bonds is 9. The van der Waals surface area contributed by atoms with Crippen LogP contribution in [0.15, 0.2) is 36.7 Å². The van der Waals surface area contributed by atoms with Crippen LogP contribution in [0.1, 0.15) is 31.2 Å². The lowest BCUT2D eigenvalue weighted by molar-refractivity contribution is -0.125. The van der Waals surface area contributed by atoms with E-state index in [9.17, 15) is 13.2 Å². The minimum atomic E-state index is -3.81. The van der Waals surface area contributed by atoms with E-state index in [0.717, 1.165) is 65.5 Å². The summed E-state index contributed by atoms with van der Waals surface area (Å²) >= 11 is 0. The van der Waals surface area contributed by atoms with Gasteiger partial charge in [-0.15, -0.1) is 0 Å². The fraction of sp³-hybridized carbons (Fsp3) is 0.483. The van der Waals surface area contributed by atoms with Gasteiger partial charge in [-0.1, -0.05) is 12.5 Å². The highest BCUT2D eigenvalue weighted by molar-refractivity contribution is 7.90. The highest BCUT2D eigenvalue weighted by Crippen LogP contribution is 2.55. The Bertz CT molecular complexity index is 1580. The van der Waals surface area contributed by atoms with Crippen molar-refractivity contribution in [1.82, 2.24) is 24.5 Å². The predicted molar refractivity (Wildman–Crippen MR) is 160 cm³/mol. The van der Waals surface area contributed by atoms with Crippen LogP contribution in [0.5, 0.6) is 5.88 Å². The third-order valence-corrected chi connectivity index (χ3v) is 9.96. The number of amides is 1. The van der Waals surface area contributed by atoms with Crippen LogP contribution in [-0.2, 0) is 20.4 Å². The molecule has 1 aliphatic carbocycles. The summed E-state index contributed by atoms with van der Waals surface area (Å²) < 4.78 is 36.8. The molecule has 0 bridgehead atoms. The Hall–Kier alpha value is -3.32. The largest absolute Gasteiger partial charge is 0.476 e. The van der Waals surface area contributed by atoms with Crippen LogP contribution in [0.4, 0.5) is 11.4 Å². The molecule has 1 spiro atoms. The number of nitrogens with one attached hydrogen (secondary N) is 2. The van der Waals surface area contributed by atoms with E-state index in [1.165, 1.54) is 4.31 Å². The van der Waals surface area contributed by atoms with Crippen molar-refractivity contribution in [3.05, 3.63) is 42.2 Å². The number of aromatic nitrogens is 2. The molecule has 0 unspecified atom stereocenters. The topological polar surface area (TPSA) is 120 Å². The molecule has 4 heterocycles. The van der Waals surface area contributed by atoms with E-state index in [1.807, 2.05) is 33.3 Å². The summed E-state index contributed by atoms with van der Waals surface area (Å²) in [6, 6.07) is 7.74. The molecule has 2 fully saturated rings. The van der Waals surface area contributed by atoms with E-state index < -0.39 is 15.6 Å². The predicted octanol–water partition coefficient (Wildman–Crippen LogP) is 2.59. The first kappa shape index (κ1) is 27.8. The molecule has 2 aromatic heterocycles. The second kappa shape index (κ2) is 10.8. The van der Waals surface area contributed by atoms with Crippen LogP contribution in [-0.4, -0.2) is 94.0 Å². The number of carbonyl (C=O) groups excluding carboxylic acids is 1. The first-order valence-corrected chi connectivity index (χ1v) is 15.6. The van der Waals surface area contributed by atoms with Crippen LogP contribution in [0, 0.1) is 0 Å². The number of likely N-dealkylation sites (N-methyl/N-ethyl adjacent to an activating group) is 1. The Kier molecular flexibility index (Phi) is 7.35. The van der Waals surface area contributed by atoms with Crippen LogP contribution < -0.4 is 19.7 Å². The standard InChI is InChI=1S/C29H37N7O4S/c1-34(2)12-5-15-40-27-24(33-41(38,39)36-13-10-30-11-14-36)17-21(18-32-27)20-6-7-23-22(16-20)26-25(19-31-23)35(3)28(37)29(26)8-4-9-29/h6-7,16-19,30,33H,4-5,8-15H2,1-3H3. The van der Waals surface area contributed by atoms with Crippen molar-refractivity contribution in [1.29, 1.82) is 0 Å². The zero-order valence-electron chi connectivity index (χ0n) is 23.8. The molecule has 6 rings (SSSR count). The lowest BCUT2D eigenvalue weighted by atomic mass is 9.64. The Morgan fingerprint density at radius 2 is 1.88 bits per heavy atom. The minimum absolute atomic E-state index is 0.139. The van der Waals surface area contributed by atoms with Crippen LogP contribution in [0.25, 0.3) is 22.0 Å². The maximum atomic E-state index is 13.3. The van der Waals surface area contributed by atoms with Gasteiger partial charge in [0.25, 0.3) is 0 Å². The Morgan fingerprint density at radius 1 is 1.10 bits per heavy atom. The monoisotopic (exact) mass is 579 g/mol. The fourth-order valence-electron chi connectivity index (χ4n) is 6.09. The molecule has 41 heavy (non-hydrogen) atoms. The van der Waals surface area contributed by atoms with Crippen LogP contribution in [0.2, 0.25) is 0 Å². The zero-order chi connectivity index (χ0) is 28.8. The van der Waals surface area contributed by atoms with Gasteiger partial charge in [0.2, 0.25) is 11.8 Å². The molecule has 1 saturated heterocycles. The number of nitrogens with zero attached hydrogens (tertiary/aromatic N) is 5. The van der Waals surface area contributed by atoms with Gasteiger partial charge in [-0.3, -0.25) is 14.5 Å². The Balaban J connectivity index is 1.38. The molecular formula is C29H37N7O4S. The maximum Gasteiger partial charge on any atom is 0.301 e. The van der Waals surface area contributed by atoms with Crippen molar-refractivity contribution >= 4 is 38.4 Å². The van der Waals surface area contributed by atoms with Crippen molar-refractivity contribution < 1.29 is 17.9 Å². The van der Waals surface area contributed by atoms with Gasteiger partial charge < -0.3 is 19.9 Å². The van der Waals surface area contributed by atoms with Gasteiger partial charge in [-0.2, -0.15) is 12.7 Å². The summed E-state index contributed by atoms with van der Waals surface area (Å²) in [4.78, 5) is 26.3. The average molecular weight is 580 g/mol. The normalized spacial score (nSPS) is 18.6. The number of ether oxygens (including phenoxy) is 1. The number of fused-ring (bicyclic) bond motifs is 4. The van der Waals surface area contributed by atoms with Gasteiger partial charge in [0.1, 0.15) is 5.69 Å². The summed E-state index contributed by atoms with van der Waals surface area (Å²) in [7, 11) is 2.01. The highest BCUT2D eigenvalue weighted by atomic mass is 32.2. The van der Waals surface area contributed by atoms with Gasteiger partial charge in [-0.25, -0.2) is 4.98 Å². The third-order valence-electron chi connectivity index (χ3n) is 8.44. The number of hydrogen-bond donors (Lipinski definition) is 2. The third kappa shape index (κ3) is 5.03. The van der Waals surface area contributed by atoms with E-state index in [1.54, 1.807) is 23.4 Å². The molecule has 218 valence electrons. The fourth-order valence-corrected chi connectivity index (χ4v) is 7.30. The molecule has 11 nitrogen and oxygen atoms in total. The molecule has 1 aromatic carbocycles. The lowest BCUT2D eigenvalue weighted by Crippen LogP contribution is -2.48. The molecule has 1 saturated carbocycles. The molecular weight excluding hydrogens is 542 g/mol. The van der Waals surface area contributed by atoms with Gasteiger partial charge in [-0.05, 0) is 57.1 Å².